The molecule has 1 amide bonds. The molecule has 23 heavy (non-hydrogen) atoms. The van der Waals surface area contributed by atoms with Crippen LogP contribution >= 0.6 is 27.3 Å². The number of thiophene rings is 1. The number of amides is 1. The lowest BCUT2D eigenvalue weighted by Crippen LogP contribution is -2.25. The molecule has 0 spiro atoms. The van der Waals surface area contributed by atoms with E-state index in [2.05, 4.69) is 36.5 Å². The van der Waals surface area contributed by atoms with Crippen molar-refractivity contribution in [1.82, 2.24) is 15.3 Å². The van der Waals surface area contributed by atoms with Gasteiger partial charge < -0.3 is 10.6 Å². The summed E-state index contributed by atoms with van der Waals surface area (Å²) in [4.78, 5) is 21.4. The van der Waals surface area contributed by atoms with Crippen LogP contribution in [-0.4, -0.2) is 29.0 Å². The number of carbonyl (C=O) groups excluding carboxylic acids is 1. The molecule has 7 heteroatoms. The fraction of sp³-hybridized carbons (Fsp3) is 0.188. The van der Waals surface area contributed by atoms with E-state index < -0.39 is 0 Å². The van der Waals surface area contributed by atoms with Crippen molar-refractivity contribution >= 4 is 49.2 Å². The fourth-order valence-corrected chi connectivity index (χ4v) is 3.13. The zero-order chi connectivity index (χ0) is 16.1. The fourth-order valence-electron chi connectivity index (χ4n) is 2.13. The summed E-state index contributed by atoms with van der Waals surface area (Å²) in [6.45, 7) is 1.35. The number of carbonyl (C=O) groups is 1. The van der Waals surface area contributed by atoms with E-state index in [0.717, 1.165) is 33.5 Å². The summed E-state index contributed by atoms with van der Waals surface area (Å²) in [6.07, 6.45) is 2.38. The van der Waals surface area contributed by atoms with Crippen LogP contribution in [0, 0.1) is 0 Å². The van der Waals surface area contributed by atoms with Gasteiger partial charge in [-0.25, -0.2) is 9.97 Å². The number of halogens is 1. The van der Waals surface area contributed by atoms with Gasteiger partial charge in [-0.2, -0.15) is 0 Å². The van der Waals surface area contributed by atoms with Gasteiger partial charge in [0.05, 0.1) is 5.39 Å². The van der Waals surface area contributed by atoms with Gasteiger partial charge >= 0.3 is 0 Å². The maximum absolute atomic E-state index is 12.0. The SMILES string of the molecule is O=C(NCCCNc1ncnc2sccc12)c1ccc(Br)cc1. The van der Waals surface area contributed by atoms with E-state index in [4.69, 9.17) is 0 Å². The van der Waals surface area contributed by atoms with Crippen molar-refractivity contribution in [3.8, 4) is 0 Å². The van der Waals surface area contributed by atoms with E-state index in [9.17, 15) is 4.79 Å². The Morgan fingerprint density at radius 3 is 2.78 bits per heavy atom. The minimum Gasteiger partial charge on any atom is -0.369 e. The summed E-state index contributed by atoms with van der Waals surface area (Å²) in [5.74, 6) is 0.787. The molecule has 118 valence electrons. The van der Waals surface area contributed by atoms with Crippen LogP contribution in [0.25, 0.3) is 10.2 Å². The van der Waals surface area contributed by atoms with Crippen molar-refractivity contribution in [3.63, 3.8) is 0 Å². The highest BCUT2D eigenvalue weighted by Gasteiger charge is 2.05. The first-order chi connectivity index (χ1) is 11.2. The standard InChI is InChI=1S/C16H15BrN4OS/c17-12-4-2-11(3-5-12)15(22)19-8-1-7-18-14-13-6-9-23-16(13)21-10-20-14/h2-6,9-10H,1,7-8H2,(H,19,22)(H,18,20,21). The number of nitrogens with one attached hydrogen (secondary N) is 2. The number of aromatic nitrogens is 2. The van der Waals surface area contributed by atoms with Gasteiger partial charge in [0, 0.05) is 23.1 Å². The molecule has 3 aromatic rings. The predicted octanol–water partition coefficient (Wildman–Crippen LogP) is 3.69. The van der Waals surface area contributed by atoms with E-state index >= 15 is 0 Å². The Morgan fingerprint density at radius 2 is 1.96 bits per heavy atom. The zero-order valence-electron chi connectivity index (χ0n) is 12.3. The van der Waals surface area contributed by atoms with Crippen molar-refractivity contribution in [3.05, 3.63) is 52.1 Å². The largest absolute Gasteiger partial charge is 0.369 e. The van der Waals surface area contributed by atoms with Gasteiger partial charge in [0.15, 0.2) is 0 Å². The molecule has 0 saturated carbocycles. The Hall–Kier alpha value is -1.99. The number of anilines is 1. The van der Waals surface area contributed by atoms with Crippen molar-refractivity contribution in [1.29, 1.82) is 0 Å². The molecule has 0 aliphatic rings. The molecule has 0 bridgehead atoms. The Labute approximate surface area is 146 Å². The minimum atomic E-state index is -0.0558. The first-order valence-electron chi connectivity index (χ1n) is 7.20. The number of hydrogen-bond donors (Lipinski definition) is 2. The van der Waals surface area contributed by atoms with Crippen LogP contribution in [-0.2, 0) is 0 Å². The van der Waals surface area contributed by atoms with Gasteiger partial charge in [-0.3, -0.25) is 4.79 Å². The van der Waals surface area contributed by atoms with Crippen LogP contribution in [0.15, 0.2) is 46.5 Å². The van der Waals surface area contributed by atoms with Gasteiger partial charge in [0.2, 0.25) is 0 Å². The molecule has 0 fully saturated rings. The van der Waals surface area contributed by atoms with Gasteiger partial charge in [0.25, 0.3) is 5.91 Å². The molecule has 3 rings (SSSR count). The molecular weight excluding hydrogens is 376 g/mol. The van der Waals surface area contributed by atoms with E-state index in [0.29, 0.717) is 12.1 Å². The highest BCUT2D eigenvalue weighted by atomic mass is 79.9. The first-order valence-corrected chi connectivity index (χ1v) is 8.87. The second-order valence-electron chi connectivity index (χ2n) is 4.90. The molecule has 2 aromatic heterocycles. The Morgan fingerprint density at radius 1 is 1.13 bits per heavy atom. The van der Waals surface area contributed by atoms with Crippen molar-refractivity contribution in [2.24, 2.45) is 0 Å². The maximum Gasteiger partial charge on any atom is 0.251 e. The monoisotopic (exact) mass is 390 g/mol. The van der Waals surface area contributed by atoms with Crippen LogP contribution in [0.4, 0.5) is 5.82 Å². The molecule has 2 N–H and O–H groups in total. The second-order valence-corrected chi connectivity index (χ2v) is 6.72. The normalized spacial score (nSPS) is 10.7. The number of hydrogen-bond acceptors (Lipinski definition) is 5. The third-order valence-electron chi connectivity index (χ3n) is 3.30. The Kier molecular flexibility index (Phi) is 5.19. The van der Waals surface area contributed by atoms with E-state index in [1.165, 1.54) is 0 Å². The molecular formula is C16H15BrN4OS. The molecule has 5 nitrogen and oxygen atoms in total. The average Bonchev–Trinajstić information content (AvgIpc) is 3.04. The molecule has 0 radical (unpaired) electrons. The molecule has 0 aliphatic carbocycles. The van der Waals surface area contributed by atoms with Crippen molar-refractivity contribution < 1.29 is 4.79 Å². The summed E-state index contributed by atoms with van der Waals surface area (Å²) >= 11 is 4.95. The summed E-state index contributed by atoms with van der Waals surface area (Å²) in [5, 5.41) is 9.25. The van der Waals surface area contributed by atoms with Gasteiger partial charge in [-0.15, -0.1) is 11.3 Å². The van der Waals surface area contributed by atoms with Crippen LogP contribution in [0.3, 0.4) is 0 Å². The molecule has 0 unspecified atom stereocenters. The molecule has 2 heterocycles. The highest BCUT2D eigenvalue weighted by Crippen LogP contribution is 2.23. The zero-order valence-corrected chi connectivity index (χ0v) is 14.7. The predicted molar refractivity (Wildman–Crippen MR) is 97.0 cm³/mol. The third-order valence-corrected chi connectivity index (χ3v) is 4.65. The molecule has 0 atom stereocenters. The van der Waals surface area contributed by atoms with E-state index in [-0.39, 0.29) is 5.91 Å². The number of nitrogens with zero attached hydrogens (tertiary/aromatic N) is 2. The van der Waals surface area contributed by atoms with Crippen LogP contribution in [0.2, 0.25) is 0 Å². The smallest absolute Gasteiger partial charge is 0.251 e. The topological polar surface area (TPSA) is 66.9 Å². The lowest BCUT2D eigenvalue weighted by atomic mass is 10.2. The summed E-state index contributed by atoms with van der Waals surface area (Å²) in [5.41, 5.74) is 0.664. The Bertz CT molecular complexity index is 803. The van der Waals surface area contributed by atoms with Crippen LogP contribution < -0.4 is 10.6 Å². The third kappa shape index (κ3) is 4.05. The van der Waals surface area contributed by atoms with E-state index in [1.807, 2.05) is 23.6 Å². The van der Waals surface area contributed by atoms with Gasteiger partial charge in [-0.1, -0.05) is 15.9 Å². The van der Waals surface area contributed by atoms with Crippen LogP contribution in [0.5, 0.6) is 0 Å². The van der Waals surface area contributed by atoms with Crippen molar-refractivity contribution in [2.75, 3.05) is 18.4 Å². The number of fused-ring (bicyclic) bond motifs is 1. The Balaban J connectivity index is 1.44. The lowest BCUT2D eigenvalue weighted by Gasteiger charge is -2.08. The molecule has 1 aromatic carbocycles. The quantitative estimate of drug-likeness (QED) is 0.629. The highest BCUT2D eigenvalue weighted by molar-refractivity contribution is 9.10. The number of benzene rings is 1. The van der Waals surface area contributed by atoms with E-state index in [1.54, 1.807) is 29.8 Å². The first kappa shape index (κ1) is 15.9. The molecule has 0 aliphatic heterocycles. The minimum absolute atomic E-state index is 0.0558. The van der Waals surface area contributed by atoms with Gasteiger partial charge in [-0.05, 0) is 42.1 Å². The van der Waals surface area contributed by atoms with Gasteiger partial charge in [0.1, 0.15) is 17.0 Å². The molecule has 0 saturated heterocycles. The lowest BCUT2D eigenvalue weighted by molar-refractivity contribution is 0.0953. The summed E-state index contributed by atoms with van der Waals surface area (Å²) < 4.78 is 0.961. The summed E-state index contributed by atoms with van der Waals surface area (Å²) in [6, 6.07) is 9.32. The average molecular weight is 391 g/mol. The number of rotatable bonds is 6. The van der Waals surface area contributed by atoms with Crippen molar-refractivity contribution in [2.45, 2.75) is 6.42 Å². The second kappa shape index (κ2) is 7.52. The maximum atomic E-state index is 12.0. The summed E-state index contributed by atoms with van der Waals surface area (Å²) in [7, 11) is 0. The van der Waals surface area contributed by atoms with Crippen LogP contribution in [0.1, 0.15) is 16.8 Å².